The first-order chi connectivity index (χ1) is 19.9. The summed E-state index contributed by atoms with van der Waals surface area (Å²) in [6.45, 7) is 0.205. The van der Waals surface area contributed by atoms with E-state index in [0.29, 0.717) is 50.9 Å². The second kappa shape index (κ2) is 13.2. The highest BCUT2D eigenvalue weighted by Crippen LogP contribution is 2.41. The van der Waals surface area contributed by atoms with E-state index in [4.69, 9.17) is 27.9 Å². The van der Waals surface area contributed by atoms with Crippen LogP contribution in [0.25, 0.3) is 5.69 Å². The highest BCUT2D eigenvalue weighted by molar-refractivity contribution is 7.99. The molecule has 4 aromatic rings. The summed E-state index contributed by atoms with van der Waals surface area (Å²) in [4.78, 5) is 24.7. The highest BCUT2D eigenvalue weighted by Gasteiger charge is 2.24. The zero-order valence-electron chi connectivity index (χ0n) is 21.6. The summed E-state index contributed by atoms with van der Waals surface area (Å²) < 4.78 is 7.73. The van der Waals surface area contributed by atoms with Crippen LogP contribution in [0.3, 0.4) is 0 Å². The number of amides is 2. The van der Waals surface area contributed by atoms with Crippen molar-refractivity contribution in [3.05, 3.63) is 87.3 Å². The van der Waals surface area contributed by atoms with Gasteiger partial charge in [-0.1, -0.05) is 41.0 Å². The first-order valence-electron chi connectivity index (χ1n) is 12.7. The first kappa shape index (κ1) is 28.7. The van der Waals surface area contributed by atoms with Crippen LogP contribution in [0.2, 0.25) is 10.0 Å². The highest BCUT2D eigenvalue weighted by atomic mass is 35.5. The quantitative estimate of drug-likeness (QED) is 0.139. The van der Waals surface area contributed by atoms with E-state index in [0.717, 1.165) is 17.3 Å². The Hall–Kier alpha value is -3.87. The van der Waals surface area contributed by atoms with Crippen molar-refractivity contribution >= 4 is 52.5 Å². The third-order valence-electron chi connectivity index (χ3n) is 6.21. The van der Waals surface area contributed by atoms with Gasteiger partial charge in [0.05, 0.1) is 27.2 Å². The Bertz CT molecular complexity index is 1550. The number of benzene rings is 2. The summed E-state index contributed by atoms with van der Waals surface area (Å²) in [5.41, 5.74) is 3.18. The van der Waals surface area contributed by atoms with Gasteiger partial charge in [-0.05, 0) is 71.0 Å². The van der Waals surface area contributed by atoms with Crippen LogP contribution < -0.4 is 20.1 Å². The first-order valence-corrected chi connectivity index (χ1v) is 14.5. The molecule has 5 rings (SSSR count). The molecule has 0 unspecified atom stereocenters. The minimum atomic E-state index is -0.307. The van der Waals surface area contributed by atoms with Crippen molar-refractivity contribution < 1.29 is 19.1 Å². The lowest BCUT2D eigenvalue weighted by atomic mass is 10.1. The fourth-order valence-corrected chi connectivity index (χ4v) is 5.12. The molecule has 2 aromatic heterocycles. The average Bonchev–Trinajstić information content (AvgIpc) is 3.71. The number of pyridine rings is 1. The van der Waals surface area contributed by atoms with Crippen molar-refractivity contribution in [1.82, 2.24) is 25.5 Å². The van der Waals surface area contributed by atoms with Gasteiger partial charge < -0.3 is 20.6 Å². The van der Waals surface area contributed by atoms with Crippen LogP contribution in [0, 0.1) is 5.21 Å². The fourth-order valence-electron chi connectivity index (χ4n) is 3.95. The summed E-state index contributed by atoms with van der Waals surface area (Å²) in [7, 11) is 0. The van der Waals surface area contributed by atoms with E-state index in [2.05, 4.69) is 26.2 Å². The topological polar surface area (TPSA) is 138 Å². The standard InChI is InChI=1S/C27H25Cl2N7O4S/c28-21-14-20(40-15-25(37)30-10-7-17-8-11-35(39)12-9-17)4-5-23(21)31-26(38)16-41-27-32-33-34-36(27)24-6-3-19(13-22(24)29)18-1-2-18/h3-6,8-9,11-14,18H,1-2,7,10,15-16H2,(H,30,37)(H,31,38). The molecule has 2 heterocycles. The van der Waals surface area contributed by atoms with Crippen LogP contribution in [0.4, 0.5) is 5.69 Å². The van der Waals surface area contributed by atoms with Gasteiger partial charge in [-0.15, -0.1) is 5.10 Å². The molecule has 0 saturated heterocycles. The molecule has 0 bridgehead atoms. The maximum Gasteiger partial charge on any atom is 0.257 e. The number of hydrogen-bond acceptors (Lipinski definition) is 8. The third-order valence-corrected chi connectivity index (χ3v) is 7.75. The van der Waals surface area contributed by atoms with E-state index >= 15 is 0 Å². The minimum Gasteiger partial charge on any atom is -0.619 e. The van der Waals surface area contributed by atoms with Crippen LogP contribution in [0.1, 0.15) is 29.9 Å². The summed E-state index contributed by atoms with van der Waals surface area (Å²) >= 11 is 14.0. The van der Waals surface area contributed by atoms with Crippen molar-refractivity contribution in [3.63, 3.8) is 0 Å². The van der Waals surface area contributed by atoms with E-state index in [1.165, 1.54) is 41.5 Å². The molecular formula is C27H25Cl2N7O4S. The average molecular weight is 615 g/mol. The number of rotatable bonds is 12. The molecular weight excluding hydrogens is 589 g/mol. The molecule has 2 N–H and O–H groups in total. The maximum absolute atomic E-state index is 12.6. The molecule has 0 spiro atoms. The number of anilines is 1. The number of aromatic nitrogens is 5. The van der Waals surface area contributed by atoms with E-state index in [-0.39, 0.29) is 29.2 Å². The number of carbonyl (C=O) groups is 2. The molecule has 0 atom stereocenters. The summed E-state index contributed by atoms with van der Waals surface area (Å²) in [5.74, 6) is 0.383. The fraction of sp³-hybridized carbons (Fsp3) is 0.259. The monoisotopic (exact) mass is 613 g/mol. The Kier molecular flexibility index (Phi) is 9.22. The number of ether oxygens (including phenoxy) is 1. The third kappa shape index (κ3) is 7.87. The molecule has 1 aliphatic rings. The summed E-state index contributed by atoms with van der Waals surface area (Å²) in [6.07, 6.45) is 5.75. The summed E-state index contributed by atoms with van der Waals surface area (Å²) in [5, 5.41) is 29.6. The SMILES string of the molecule is O=C(COc1ccc(NC(=O)CSc2nnnn2-c2ccc(C3CC3)cc2Cl)c(Cl)c1)NCCc1cc[n+]([O-])cc1. The Balaban J connectivity index is 1.07. The molecule has 1 fully saturated rings. The largest absolute Gasteiger partial charge is 0.619 e. The van der Waals surface area contributed by atoms with Crippen LogP contribution in [-0.4, -0.2) is 50.9 Å². The van der Waals surface area contributed by atoms with E-state index < -0.39 is 0 Å². The number of halogens is 2. The number of nitrogens with zero attached hydrogens (tertiary/aromatic N) is 5. The van der Waals surface area contributed by atoms with Gasteiger partial charge in [-0.25, -0.2) is 0 Å². The van der Waals surface area contributed by atoms with E-state index in [1.54, 1.807) is 24.3 Å². The van der Waals surface area contributed by atoms with Crippen molar-refractivity contribution in [2.75, 3.05) is 24.2 Å². The van der Waals surface area contributed by atoms with Crippen LogP contribution in [0.5, 0.6) is 5.75 Å². The molecule has 212 valence electrons. The van der Waals surface area contributed by atoms with Crippen molar-refractivity contribution in [2.24, 2.45) is 0 Å². The number of nitrogens with one attached hydrogen (secondary N) is 2. The lowest BCUT2D eigenvalue weighted by Gasteiger charge is -2.11. The van der Waals surface area contributed by atoms with Crippen molar-refractivity contribution in [2.45, 2.75) is 30.3 Å². The number of carbonyl (C=O) groups excluding carboxylic acids is 2. The Morgan fingerprint density at radius 1 is 1.07 bits per heavy atom. The minimum absolute atomic E-state index is 0.0345. The van der Waals surface area contributed by atoms with Gasteiger partial charge in [0.25, 0.3) is 5.91 Å². The molecule has 2 amide bonds. The molecule has 11 nitrogen and oxygen atoms in total. The van der Waals surface area contributed by atoms with E-state index in [1.807, 2.05) is 18.2 Å². The summed E-state index contributed by atoms with van der Waals surface area (Å²) in [6, 6.07) is 14.0. The van der Waals surface area contributed by atoms with Gasteiger partial charge in [-0.3, -0.25) is 9.59 Å². The lowest BCUT2D eigenvalue weighted by Crippen LogP contribution is -2.31. The molecule has 2 aromatic carbocycles. The number of tetrazole rings is 1. The smallest absolute Gasteiger partial charge is 0.257 e. The molecule has 14 heteroatoms. The van der Waals surface area contributed by atoms with Gasteiger partial charge in [0.15, 0.2) is 19.0 Å². The van der Waals surface area contributed by atoms with Gasteiger partial charge in [0.2, 0.25) is 11.1 Å². The van der Waals surface area contributed by atoms with Gasteiger partial charge in [-0.2, -0.15) is 9.41 Å². The Labute approximate surface area is 249 Å². The number of thioether (sulfide) groups is 1. The maximum atomic E-state index is 12.6. The Morgan fingerprint density at radius 3 is 2.61 bits per heavy atom. The zero-order chi connectivity index (χ0) is 28.8. The van der Waals surface area contributed by atoms with Gasteiger partial charge in [0, 0.05) is 24.7 Å². The molecule has 0 radical (unpaired) electrons. The van der Waals surface area contributed by atoms with Gasteiger partial charge >= 0.3 is 0 Å². The molecule has 0 aliphatic heterocycles. The second-order valence-corrected chi connectivity index (χ2v) is 11.0. The predicted molar refractivity (Wildman–Crippen MR) is 155 cm³/mol. The predicted octanol–water partition coefficient (Wildman–Crippen LogP) is 3.95. The van der Waals surface area contributed by atoms with Crippen LogP contribution >= 0.6 is 35.0 Å². The van der Waals surface area contributed by atoms with E-state index in [9.17, 15) is 14.8 Å². The lowest BCUT2D eigenvalue weighted by molar-refractivity contribution is -0.605. The van der Waals surface area contributed by atoms with Crippen LogP contribution in [-0.2, 0) is 16.0 Å². The zero-order valence-corrected chi connectivity index (χ0v) is 24.0. The van der Waals surface area contributed by atoms with Gasteiger partial charge in [0.1, 0.15) is 5.75 Å². The normalized spacial score (nSPS) is 12.6. The Morgan fingerprint density at radius 2 is 1.88 bits per heavy atom. The molecule has 41 heavy (non-hydrogen) atoms. The molecule has 1 saturated carbocycles. The van der Waals surface area contributed by atoms with Crippen molar-refractivity contribution in [3.8, 4) is 11.4 Å². The molecule has 1 aliphatic carbocycles. The second-order valence-electron chi connectivity index (χ2n) is 9.29. The van der Waals surface area contributed by atoms with Crippen LogP contribution in [0.15, 0.2) is 66.1 Å². The number of hydrogen-bond donors (Lipinski definition) is 2. The van der Waals surface area contributed by atoms with Crippen molar-refractivity contribution in [1.29, 1.82) is 0 Å².